The van der Waals surface area contributed by atoms with E-state index in [1.165, 1.54) is 12.8 Å². The lowest BCUT2D eigenvalue weighted by Crippen LogP contribution is -2.49. The lowest BCUT2D eigenvalue weighted by Gasteiger charge is -2.35. The second-order valence-corrected chi connectivity index (χ2v) is 6.17. The molecule has 4 nitrogen and oxygen atoms in total. The number of carbonyl (C=O) groups is 1. The predicted octanol–water partition coefficient (Wildman–Crippen LogP) is 2.74. The molecule has 2 aliphatic heterocycles. The van der Waals surface area contributed by atoms with E-state index in [1.54, 1.807) is 0 Å². The summed E-state index contributed by atoms with van der Waals surface area (Å²) in [7, 11) is 1.92. The number of hydrogen-bond donors (Lipinski definition) is 2. The number of amides is 2. The summed E-state index contributed by atoms with van der Waals surface area (Å²) in [4.78, 5) is 14.2. The summed E-state index contributed by atoms with van der Waals surface area (Å²) >= 11 is 0. The molecule has 0 saturated carbocycles. The number of benzene rings is 1. The first kappa shape index (κ1) is 13.4. The van der Waals surface area contributed by atoms with Crippen LogP contribution in [-0.2, 0) is 0 Å². The molecule has 2 N–H and O–H groups in total. The Morgan fingerprint density at radius 1 is 1.30 bits per heavy atom. The van der Waals surface area contributed by atoms with Crippen molar-refractivity contribution < 1.29 is 4.79 Å². The van der Waals surface area contributed by atoms with Gasteiger partial charge in [-0.15, -0.1) is 0 Å². The summed E-state index contributed by atoms with van der Waals surface area (Å²) in [5.74, 6) is 0. The van der Waals surface area contributed by atoms with Gasteiger partial charge < -0.3 is 15.5 Å². The summed E-state index contributed by atoms with van der Waals surface area (Å²) in [6.45, 7) is 2.03. The summed E-state index contributed by atoms with van der Waals surface area (Å²) in [6.07, 6.45) is 4.67. The Hall–Kier alpha value is -1.55. The van der Waals surface area contributed by atoms with Crippen molar-refractivity contribution in [2.45, 2.75) is 50.7 Å². The minimum Gasteiger partial charge on any atom is -0.324 e. The number of anilines is 1. The highest BCUT2D eigenvalue weighted by atomic mass is 16.2. The molecule has 0 aliphatic carbocycles. The Balaban J connectivity index is 1.62. The fourth-order valence-corrected chi connectivity index (χ4v) is 3.44. The first-order valence-corrected chi connectivity index (χ1v) is 7.48. The Labute approximate surface area is 120 Å². The molecule has 1 aromatic rings. The zero-order valence-corrected chi connectivity index (χ0v) is 12.2. The Kier molecular flexibility index (Phi) is 3.66. The van der Waals surface area contributed by atoms with Crippen LogP contribution in [0.3, 0.4) is 0 Å². The molecule has 108 valence electrons. The van der Waals surface area contributed by atoms with Crippen LogP contribution in [-0.4, -0.2) is 36.1 Å². The van der Waals surface area contributed by atoms with Gasteiger partial charge in [-0.2, -0.15) is 0 Å². The number of nitrogens with zero attached hydrogens (tertiary/aromatic N) is 1. The molecular formula is C16H23N3O. The summed E-state index contributed by atoms with van der Waals surface area (Å²) in [5, 5.41) is 6.61. The van der Waals surface area contributed by atoms with Crippen molar-refractivity contribution in [1.29, 1.82) is 0 Å². The Morgan fingerprint density at radius 3 is 2.65 bits per heavy atom. The molecule has 2 amide bonds. The van der Waals surface area contributed by atoms with E-state index in [-0.39, 0.29) is 6.03 Å². The van der Waals surface area contributed by atoms with Gasteiger partial charge in [0, 0.05) is 30.9 Å². The quantitative estimate of drug-likeness (QED) is 0.870. The van der Waals surface area contributed by atoms with Crippen LogP contribution in [0.15, 0.2) is 24.3 Å². The van der Waals surface area contributed by atoms with Gasteiger partial charge in [-0.1, -0.05) is 12.1 Å². The van der Waals surface area contributed by atoms with Gasteiger partial charge in [0.05, 0.1) is 0 Å². The van der Waals surface area contributed by atoms with Crippen molar-refractivity contribution in [1.82, 2.24) is 10.2 Å². The highest BCUT2D eigenvalue weighted by Gasteiger charge is 2.36. The summed E-state index contributed by atoms with van der Waals surface area (Å²) in [5.41, 5.74) is 2.03. The number of fused-ring (bicyclic) bond motifs is 2. The maximum absolute atomic E-state index is 12.4. The fraction of sp³-hybridized carbons (Fsp3) is 0.562. The highest BCUT2D eigenvalue weighted by molar-refractivity contribution is 5.89. The third-order valence-corrected chi connectivity index (χ3v) is 4.59. The van der Waals surface area contributed by atoms with Crippen molar-refractivity contribution in [3.63, 3.8) is 0 Å². The van der Waals surface area contributed by atoms with Crippen LogP contribution in [0.5, 0.6) is 0 Å². The molecule has 2 fully saturated rings. The van der Waals surface area contributed by atoms with Gasteiger partial charge in [-0.25, -0.2) is 4.79 Å². The van der Waals surface area contributed by atoms with E-state index in [1.807, 2.05) is 43.1 Å². The minimum atomic E-state index is 0.00176. The molecule has 3 rings (SSSR count). The standard InChI is InChI=1S/C16H23N3O/c1-11-4-3-5-12(8-11)18-16(20)19(2)15-9-13-6-7-14(10-15)17-13/h3-5,8,13-15,17H,6-7,9-10H2,1-2H3,(H,18,20). The van der Waals surface area contributed by atoms with Crippen molar-refractivity contribution in [2.75, 3.05) is 12.4 Å². The van der Waals surface area contributed by atoms with Crippen molar-refractivity contribution in [2.24, 2.45) is 0 Å². The molecule has 2 atom stereocenters. The molecule has 2 aliphatic rings. The molecule has 1 aromatic carbocycles. The van der Waals surface area contributed by atoms with Crippen LogP contribution in [0.2, 0.25) is 0 Å². The van der Waals surface area contributed by atoms with Crippen LogP contribution in [0.1, 0.15) is 31.2 Å². The average molecular weight is 273 g/mol. The zero-order valence-electron chi connectivity index (χ0n) is 12.2. The molecule has 0 aromatic heterocycles. The van der Waals surface area contributed by atoms with Gasteiger partial charge in [0.25, 0.3) is 0 Å². The summed E-state index contributed by atoms with van der Waals surface area (Å²) < 4.78 is 0. The molecule has 2 heterocycles. The monoisotopic (exact) mass is 273 g/mol. The predicted molar refractivity (Wildman–Crippen MR) is 80.9 cm³/mol. The number of urea groups is 1. The van der Waals surface area contributed by atoms with Crippen LogP contribution in [0, 0.1) is 6.92 Å². The Morgan fingerprint density at radius 2 is 2.00 bits per heavy atom. The highest BCUT2D eigenvalue weighted by Crippen LogP contribution is 2.29. The maximum Gasteiger partial charge on any atom is 0.321 e. The Bertz CT molecular complexity index is 490. The van der Waals surface area contributed by atoms with E-state index < -0.39 is 0 Å². The van der Waals surface area contributed by atoms with Crippen molar-refractivity contribution >= 4 is 11.7 Å². The molecule has 2 unspecified atom stereocenters. The molecule has 20 heavy (non-hydrogen) atoms. The largest absolute Gasteiger partial charge is 0.324 e. The number of carbonyl (C=O) groups excluding carboxylic acids is 1. The van der Waals surface area contributed by atoms with Gasteiger partial charge in [0.1, 0.15) is 0 Å². The SMILES string of the molecule is Cc1cccc(NC(=O)N(C)C2CC3CCC(C2)N3)c1. The van der Waals surface area contributed by atoms with Gasteiger partial charge >= 0.3 is 6.03 Å². The maximum atomic E-state index is 12.4. The van der Waals surface area contributed by atoms with Crippen LogP contribution in [0.25, 0.3) is 0 Å². The second-order valence-electron chi connectivity index (χ2n) is 6.17. The van der Waals surface area contributed by atoms with Crippen molar-refractivity contribution in [3.8, 4) is 0 Å². The van der Waals surface area contributed by atoms with Crippen molar-refractivity contribution in [3.05, 3.63) is 29.8 Å². The second kappa shape index (κ2) is 5.44. The molecular weight excluding hydrogens is 250 g/mol. The van der Waals surface area contributed by atoms with Gasteiger partial charge in [-0.3, -0.25) is 0 Å². The van der Waals surface area contributed by atoms with Crippen LogP contribution < -0.4 is 10.6 Å². The van der Waals surface area contributed by atoms with Crippen LogP contribution in [0.4, 0.5) is 10.5 Å². The molecule has 2 bridgehead atoms. The van der Waals surface area contributed by atoms with E-state index >= 15 is 0 Å². The topological polar surface area (TPSA) is 44.4 Å². The first-order valence-electron chi connectivity index (χ1n) is 7.48. The van der Waals surface area contributed by atoms with Gasteiger partial charge in [0.15, 0.2) is 0 Å². The molecule has 4 heteroatoms. The van der Waals surface area contributed by atoms with Crippen LogP contribution >= 0.6 is 0 Å². The van der Waals surface area contributed by atoms with E-state index in [4.69, 9.17) is 0 Å². The van der Waals surface area contributed by atoms with E-state index in [0.29, 0.717) is 18.1 Å². The normalized spacial score (nSPS) is 28.2. The lowest BCUT2D eigenvalue weighted by molar-refractivity contribution is 0.176. The summed E-state index contributed by atoms with van der Waals surface area (Å²) in [6, 6.07) is 9.50. The number of hydrogen-bond acceptors (Lipinski definition) is 2. The van der Waals surface area contributed by atoms with Gasteiger partial charge in [-0.05, 0) is 50.3 Å². The number of piperidine rings is 1. The minimum absolute atomic E-state index is 0.00176. The van der Waals surface area contributed by atoms with E-state index in [9.17, 15) is 4.79 Å². The average Bonchev–Trinajstić information content (AvgIpc) is 2.76. The smallest absolute Gasteiger partial charge is 0.321 e. The fourth-order valence-electron chi connectivity index (χ4n) is 3.44. The molecule has 0 spiro atoms. The zero-order chi connectivity index (χ0) is 14.1. The molecule has 0 radical (unpaired) electrons. The third kappa shape index (κ3) is 2.80. The molecule has 2 saturated heterocycles. The van der Waals surface area contributed by atoms with Gasteiger partial charge in [0.2, 0.25) is 0 Å². The number of rotatable bonds is 2. The number of aryl methyl sites for hydroxylation is 1. The van der Waals surface area contributed by atoms with E-state index in [2.05, 4.69) is 10.6 Å². The van der Waals surface area contributed by atoms with E-state index in [0.717, 1.165) is 24.1 Å². The number of nitrogens with one attached hydrogen (secondary N) is 2. The first-order chi connectivity index (χ1) is 9.61. The lowest BCUT2D eigenvalue weighted by atomic mass is 9.99. The third-order valence-electron chi connectivity index (χ3n) is 4.59.